The number of nitrogens with zero attached hydrogens (tertiary/aromatic N) is 2. The molecule has 1 saturated heterocycles. The topological polar surface area (TPSA) is 34.5 Å². The average molecular weight is 348 g/mol. The van der Waals surface area contributed by atoms with Gasteiger partial charge in [0.1, 0.15) is 6.10 Å². The minimum atomic E-state index is -0.0241. The minimum absolute atomic E-state index is 0.0241. The molecule has 0 bridgehead atoms. The van der Waals surface area contributed by atoms with Crippen molar-refractivity contribution in [3.05, 3.63) is 71.9 Å². The Kier molecular flexibility index (Phi) is 4.76. The first-order valence-electron chi connectivity index (χ1n) is 9.21. The molecule has 0 spiro atoms. The number of amides is 1. The summed E-state index contributed by atoms with van der Waals surface area (Å²) in [5.74, 6) is 0.198. The smallest absolute Gasteiger partial charge is 0.224 e. The number of carbonyl (C=O) groups is 1. The van der Waals surface area contributed by atoms with Gasteiger partial charge in [-0.3, -0.25) is 4.79 Å². The van der Waals surface area contributed by atoms with E-state index in [1.807, 2.05) is 23.1 Å². The lowest BCUT2D eigenvalue weighted by Crippen LogP contribution is -2.42. The van der Waals surface area contributed by atoms with E-state index in [2.05, 4.69) is 54.1 Å². The van der Waals surface area contributed by atoms with Gasteiger partial charge in [0.15, 0.2) is 0 Å². The van der Waals surface area contributed by atoms with E-state index in [-0.39, 0.29) is 12.0 Å². The van der Waals surface area contributed by atoms with Gasteiger partial charge in [-0.25, -0.2) is 0 Å². The quantitative estimate of drug-likeness (QED) is 0.716. The van der Waals surface area contributed by atoms with Crippen LogP contribution in [0.15, 0.2) is 60.8 Å². The molecule has 0 N–H and O–H groups in total. The van der Waals surface area contributed by atoms with Crippen molar-refractivity contribution in [3.63, 3.8) is 0 Å². The molecule has 0 unspecified atom stereocenters. The number of morpholine rings is 1. The average Bonchev–Trinajstić information content (AvgIpc) is 3.11. The van der Waals surface area contributed by atoms with E-state index in [1.54, 1.807) is 0 Å². The maximum absolute atomic E-state index is 12.7. The van der Waals surface area contributed by atoms with E-state index in [1.165, 1.54) is 16.5 Å². The molecule has 4 rings (SSSR count). The lowest BCUT2D eigenvalue weighted by molar-refractivity contribution is -0.139. The third-order valence-electron chi connectivity index (χ3n) is 5.19. The Morgan fingerprint density at radius 2 is 1.96 bits per heavy atom. The summed E-state index contributed by atoms with van der Waals surface area (Å²) >= 11 is 0. The van der Waals surface area contributed by atoms with Crippen molar-refractivity contribution in [3.8, 4) is 0 Å². The van der Waals surface area contributed by atoms with Crippen molar-refractivity contribution in [2.45, 2.75) is 26.0 Å². The molecule has 4 nitrogen and oxygen atoms in total. The first-order chi connectivity index (χ1) is 12.7. The van der Waals surface area contributed by atoms with Gasteiger partial charge in [0, 0.05) is 36.6 Å². The van der Waals surface area contributed by atoms with Crippen LogP contribution in [-0.2, 0) is 16.1 Å². The van der Waals surface area contributed by atoms with Crippen molar-refractivity contribution >= 4 is 16.8 Å². The second-order valence-corrected chi connectivity index (χ2v) is 6.88. The number of ether oxygens (including phenoxy) is 1. The predicted octanol–water partition coefficient (Wildman–Crippen LogP) is 3.94. The molecule has 2 heterocycles. The number of rotatable bonds is 4. The Balaban J connectivity index is 1.40. The summed E-state index contributed by atoms with van der Waals surface area (Å²) in [6.07, 6.45) is 2.57. The fourth-order valence-electron chi connectivity index (χ4n) is 3.69. The summed E-state index contributed by atoms with van der Waals surface area (Å²) < 4.78 is 8.04. The highest BCUT2D eigenvalue weighted by molar-refractivity contribution is 5.83. The lowest BCUT2D eigenvalue weighted by Gasteiger charge is -2.33. The number of aromatic nitrogens is 1. The van der Waals surface area contributed by atoms with Crippen LogP contribution >= 0.6 is 0 Å². The zero-order valence-corrected chi connectivity index (χ0v) is 15.1. The molecule has 3 aromatic rings. The highest BCUT2D eigenvalue weighted by atomic mass is 16.5. The molecule has 1 amide bonds. The van der Waals surface area contributed by atoms with Gasteiger partial charge in [-0.05, 0) is 30.2 Å². The van der Waals surface area contributed by atoms with Crippen LogP contribution in [0.2, 0.25) is 0 Å². The highest BCUT2D eigenvalue weighted by Gasteiger charge is 2.25. The lowest BCUT2D eigenvalue weighted by atomic mass is 10.1. The Morgan fingerprint density at radius 3 is 2.81 bits per heavy atom. The second kappa shape index (κ2) is 7.34. The van der Waals surface area contributed by atoms with E-state index >= 15 is 0 Å². The molecule has 0 saturated carbocycles. The number of hydrogen-bond acceptors (Lipinski definition) is 2. The van der Waals surface area contributed by atoms with Crippen molar-refractivity contribution in [2.24, 2.45) is 0 Å². The minimum Gasteiger partial charge on any atom is -0.370 e. The summed E-state index contributed by atoms with van der Waals surface area (Å²) in [5, 5.41) is 1.26. The van der Waals surface area contributed by atoms with Crippen molar-refractivity contribution in [1.82, 2.24) is 9.47 Å². The molecule has 1 fully saturated rings. The zero-order chi connectivity index (χ0) is 17.9. The predicted molar refractivity (Wildman–Crippen MR) is 103 cm³/mol. The van der Waals surface area contributed by atoms with E-state index < -0.39 is 0 Å². The van der Waals surface area contributed by atoms with Crippen molar-refractivity contribution in [2.75, 3.05) is 19.7 Å². The number of fused-ring (bicyclic) bond motifs is 1. The number of carbonyl (C=O) groups excluding carboxylic acids is 1. The maximum Gasteiger partial charge on any atom is 0.224 e. The molecular weight excluding hydrogens is 324 g/mol. The Hall–Kier alpha value is -2.59. The van der Waals surface area contributed by atoms with Gasteiger partial charge in [0.2, 0.25) is 5.91 Å². The van der Waals surface area contributed by atoms with Crippen LogP contribution in [0.3, 0.4) is 0 Å². The molecule has 2 aromatic carbocycles. The van der Waals surface area contributed by atoms with Crippen LogP contribution < -0.4 is 0 Å². The Morgan fingerprint density at radius 1 is 1.12 bits per heavy atom. The summed E-state index contributed by atoms with van der Waals surface area (Å²) in [6, 6.07) is 18.6. The molecular formula is C22H24N2O2. The van der Waals surface area contributed by atoms with Gasteiger partial charge >= 0.3 is 0 Å². The van der Waals surface area contributed by atoms with E-state index in [0.29, 0.717) is 32.7 Å². The van der Waals surface area contributed by atoms with Crippen molar-refractivity contribution in [1.29, 1.82) is 0 Å². The molecule has 1 atom stereocenters. The van der Waals surface area contributed by atoms with Crippen LogP contribution in [0.5, 0.6) is 0 Å². The van der Waals surface area contributed by atoms with Crippen LogP contribution in [0, 0.1) is 6.92 Å². The number of hydrogen-bond donors (Lipinski definition) is 0. The largest absolute Gasteiger partial charge is 0.370 e. The summed E-state index contributed by atoms with van der Waals surface area (Å²) in [4.78, 5) is 14.7. The Bertz CT molecular complexity index is 901. The van der Waals surface area contributed by atoms with E-state index in [0.717, 1.165) is 5.56 Å². The molecule has 0 radical (unpaired) electrons. The van der Waals surface area contributed by atoms with Gasteiger partial charge < -0.3 is 14.2 Å². The number of aryl methyl sites for hydroxylation is 2. The summed E-state index contributed by atoms with van der Waals surface area (Å²) in [5.41, 5.74) is 3.60. The molecule has 1 aliphatic rings. The fourth-order valence-corrected chi connectivity index (χ4v) is 3.69. The molecule has 134 valence electrons. The van der Waals surface area contributed by atoms with Crippen LogP contribution in [0.25, 0.3) is 10.9 Å². The molecule has 1 aromatic heterocycles. The summed E-state index contributed by atoms with van der Waals surface area (Å²) in [7, 11) is 0. The van der Waals surface area contributed by atoms with Gasteiger partial charge in [-0.15, -0.1) is 0 Å². The second-order valence-electron chi connectivity index (χ2n) is 6.88. The van der Waals surface area contributed by atoms with Crippen LogP contribution in [-0.4, -0.2) is 35.1 Å². The molecule has 4 heteroatoms. The van der Waals surface area contributed by atoms with E-state index in [4.69, 9.17) is 4.74 Å². The standard InChI is InChI=1S/C22H24N2O2/c1-17-6-5-9-20-19(17)10-12-23(20)13-11-22(25)24-14-15-26-21(16-24)18-7-3-2-4-8-18/h2-10,12,21H,11,13-16H2,1H3/t21-/m0/s1. The van der Waals surface area contributed by atoms with Crippen LogP contribution in [0.1, 0.15) is 23.7 Å². The normalized spacial score (nSPS) is 17.6. The summed E-state index contributed by atoms with van der Waals surface area (Å²) in [6.45, 7) is 4.73. The maximum atomic E-state index is 12.7. The van der Waals surface area contributed by atoms with E-state index in [9.17, 15) is 4.79 Å². The fraction of sp³-hybridized carbons (Fsp3) is 0.318. The molecule has 0 aliphatic carbocycles. The van der Waals surface area contributed by atoms with Gasteiger partial charge in [-0.1, -0.05) is 42.5 Å². The third kappa shape index (κ3) is 3.37. The first kappa shape index (κ1) is 16.9. The molecule has 26 heavy (non-hydrogen) atoms. The van der Waals surface area contributed by atoms with Gasteiger partial charge in [0.05, 0.1) is 13.2 Å². The highest BCUT2D eigenvalue weighted by Crippen LogP contribution is 2.23. The van der Waals surface area contributed by atoms with Crippen molar-refractivity contribution < 1.29 is 9.53 Å². The van der Waals surface area contributed by atoms with Crippen LogP contribution in [0.4, 0.5) is 0 Å². The van der Waals surface area contributed by atoms with Gasteiger partial charge in [-0.2, -0.15) is 0 Å². The zero-order valence-electron chi connectivity index (χ0n) is 15.1. The Labute approximate surface area is 154 Å². The first-order valence-corrected chi connectivity index (χ1v) is 9.21. The third-order valence-corrected chi connectivity index (χ3v) is 5.19. The number of benzene rings is 2. The monoisotopic (exact) mass is 348 g/mol. The molecule has 1 aliphatic heterocycles. The SMILES string of the molecule is Cc1cccc2c1ccn2CCC(=O)N1CCO[C@H](c2ccccc2)C1. The van der Waals surface area contributed by atoms with Gasteiger partial charge in [0.25, 0.3) is 0 Å².